The van der Waals surface area contributed by atoms with Crippen LogP contribution in [0, 0.1) is 12.7 Å². The number of likely N-dealkylation sites (tertiary alicyclic amines) is 1. The SMILES string of the molecule is Cc1ccc(C(=O)NCCNC(=O)N2CCCC2c2cccn2C)cc1F. The Morgan fingerprint density at radius 1 is 1.22 bits per heavy atom. The van der Waals surface area contributed by atoms with Crippen molar-refractivity contribution in [1.82, 2.24) is 20.1 Å². The molecule has 0 saturated carbocycles. The Hall–Kier alpha value is -2.83. The van der Waals surface area contributed by atoms with Gasteiger partial charge in [-0.1, -0.05) is 6.07 Å². The van der Waals surface area contributed by atoms with E-state index in [0.717, 1.165) is 25.1 Å². The highest BCUT2D eigenvalue weighted by molar-refractivity contribution is 5.94. The molecule has 0 radical (unpaired) electrons. The highest BCUT2D eigenvalue weighted by atomic mass is 19.1. The number of benzene rings is 1. The summed E-state index contributed by atoms with van der Waals surface area (Å²) in [5.74, 6) is -0.761. The van der Waals surface area contributed by atoms with Crippen molar-refractivity contribution in [1.29, 1.82) is 0 Å². The number of nitrogens with one attached hydrogen (secondary N) is 2. The van der Waals surface area contributed by atoms with Crippen molar-refractivity contribution < 1.29 is 14.0 Å². The van der Waals surface area contributed by atoms with Gasteiger partial charge in [-0.3, -0.25) is 4.79 Å². The van der Waals surface area contributed by atoms with Gasteiger partial charge >= 0.3 is 6.03 Å². The van der Waals surface area contributed by atoms with E-state index >= 15 is 0 Å². The fourth-order valence-electron chi connectivity index (χ4n) is 3.42. The number of nitrogens with zero attached hydrogens (tertiary/aromatic N) is 2. The molecule has 0 bridgehead atoms. The van der Waals surface area contributed by atoms with Gasteiger partial charge in [-0.25, -0.2) is 9.18 Å². The van der Waals surface area contributed by atoms with Crippen molar-refractivity contribution in [3.05, 3.63) is 59.2 Å². The highest BCUT2D eigenvalue weighted by Gasteiger charge is 2.31. The summed E-state index contributed by atoms with van der Waals surface area (Å²) in [6.07, 6.45) is 3.90. The van der Waals surface area contributed by atoms with Crippen LogP contribution in [0.4, 0.5) is 9.18 Å². The topological polar surface area (TPSA) is 66.4 Å². The van der Waals surface area contributed by atoms with Gasteiger partial charge in [0.2, 0.25) is 0 Å². The first kappa shape index (κ1) is 18.9. The number of halogens is 1. The molecule has 2 aromatic rings. The van der Waals surface area contributed by atoms with E-state index in [2.05, 4.69) is 10.6 Å². The number of aromatic nitrogens is 1. The van der Waals surface area contributed by atoms with Crippen LogP contribution in [0.5, 0.6) is 0 Å². The summed E-state index contributed by atoms with van der Waals surface area (Å²) in [4.78, 5) is 26.4. The molecule has 144 valence electrons. The van der Waals surface area contributed by atoms with E-state index in [-0.39, 0.29) is 30.1 Å². The molecule has 3 rings (SSSR count). The van der Waals surface area contributed by atoms with Crippen molar-refractivity contribution >= 4 is 11.9 Å². The molecule has 0 aliphatic carbocycles. The molecule has 1 aromatic carbocycles. The number of amides is 3. The van der Waals surface area contributed by atoms with Crippen molar-refractivity contribution in [2.24, 2.45) is 7.05 Å². The zero-order chi connectivity index (χ0) is 19.4. The van der Waals surface area contributed by atoms with Gasteiger partial charge in [-0.15, -0.1) is 0 Å². The molecule has 1 aliphatic heterocycles. The number of urea groups is 1. The Morgan fingerprint density at radius 2 is 2.00 bits per heavy atom. The van der Waals surface area contributed by atoms with Crippen LogP contribution in [0.1, 0.15) is 40.5 Å². The first-order valence-corrected chi connectivity index (χ1v) is 9.17. The van der Waals surface area contributed by atoms with Crippen LogP contribution in [-0.4, -0.2) is 41.0 Å². The lowest BCUT2D eigenvalue weighted by Gasteiger charge is -2.25. The third kappa shape index (κ3) is 4.30. The minimum absolute atomic E-state index is 0.0788. The summed E-state index contributed by atoms with van der Waals surface area (Å²) in [5.41, 5.74) is 1.89. The van der Waals surface area contributed by atoms with Gasteiger partial charge in [0.15, 0.2) is 0 Å². The smallest absolute Gasteiger partial charge is 0.318 e. The molecule has 1 unspecified atom stereocenters. The summed E-state index contributed by atoms with van der Waals surface area (Å²) in [6.45, 7) is 2.96. The zero-order valence-corrected chi connectivity index (χ0v) is 15.7. The van der Waals surface area contributed by atoms with Crippen LogP contribution in [-0.2, 0) is 7.05 Å². The second kappa shape index (κ2) is 8.24. The van der Waals surface area contributed by atoms with Gasteiger partial charge in [-0.2, -0.15) is 0 Å². The minimum Gasteiger partial charge on any atom is -0.353 e. The predicted molar refractivity (Wildman–Crippen MR) is 101 cm³/mol. The molecule has 2 heterocycles. The summed E-state index contributed by atoms with van der Waals surface area (Å²) < 4.78 is 15.6. The third-order valence-corrected chi connectivity index (χ3v) is 4.96. The van der Waals surface area contributed by atoms with Crippen LogP contribution in [0.15, 0.2) is 36.5 Å². The van der Waals surface area contributed by atoms with Crippen molar-refractivity contribution in [3.63, 3.8) is 0 Å². The number of carbonyl (C=O) groups excluding carboxylic acids is 2. The Bertz CT molecular complexity index is 833. The number of carbonyl (C=O) groups is 2. The van der Waals surface area contributed by atoms with Crippen molar-refractivity contribution in [3.8, 4) is 0 Å². The maximum atomic E-state index is 13.5. The molecule has 1 aliphatic rings. The first-order valence-electron chi connectivity index (χ1n) is 9.17. The van der Waals surface area contributed by atoms with Gasteiger partial charge in [-0.05, 0) is 49.6 Å². The normalized spacial score (nSPS) is 16.4. The quantitative estimate of drug-likeness (QED) is 0.793. The summed E-state index contributed by atoms with van der Waals surface area (Å²) >= 11 is 0. The number of aryl methyl sites for hydroxylation is 2. The Labute approximate surface area is 158 Å². The summed E-state index contributed by atoms with van der Waals surface area (Å²) in [7, 11) is 1.98. The summed E-state index contributed by atoms with van der Waals surface area (Å²) in [5, 5.41) is 5.55. The average Bonchev–Trinajstić information content (AvgIpc) is 3.29. The van der Waals surface area contributed by atoms with Crippen molar-refractivity contribution in [2.45, 2.75) is 25.8 Å². The summed E-state index contributed by atoms with van der Waals surface area (Å²) in [6, 6.07) is 8.34. The van der Waals surface area contributed by atoms with E-state index in [1.807, 2.05) is 34.8 Å². The second-order valence-corrected chi connectivity index (χ2v) is 6.85. The molecular formula is C20H25FN4O2. The van der Waals surface area contributed by atoms with E-state index in [9.17, 15) is 14.0 Å². The Kier molecular flexibility index (Phi) is 5.78. The van der Waals surface area contributed by atoms with Crippen LogP contribution < -0.4 is 10.6 Å². The van der Waals surface area contributed by atoms with E-state index in [1.165, 1.54) is 6.07 Å². The molecule has 1 atom stereocenters. The van der Waals surface area contributed by atoms with E-state index in [1.54, 1.807) is 19.1 Å². The standard InChI is InChI=1S/C20H25FN4O2/c1-14-7-8-15(13-16(14)21)19(26)22-9-10-23-20(27)25-12-4-6-18(25)17-5-3-11-24(17)2/h3,5,7-8,11,13,18H,4,6,9-10,12H2,1-2H3,(H,22,26)(H,23,27). The van der Waals surface area contributed by atoms with Gasteiger partial charge in [0.1, 0.15) is 5.82 Å². The van der Waals surface area contributed by atoms with Gasteiger partial charge in [0.25, 0.3) is 5.91 Å². The monoisotopic (exact) mass is 372 g/mol. The first-order chi connectivity index (χ1) is 13.0. The highest BCUT2D eigenvalue weighted by Crippen LogP contribution is 2.31. The molecule has 6 nitrogen and oxygen atoms in total. The zero-order valence-electron chi connectivity index (χ0n) is 15.7. The van der Waals surface area contributed by atoms with Crippen LogP contribution >= 0.6 is 0 Å². The number of hydrogen-bond donors (Lipinski definition) is 2. The molecule has 7 heteroatoms. The van der Waals surface area contributed by atoms with E-state index in [4.69, 9.17) is 0 Å². The van der Waals surface area contributed by atoms with E-state index < -0.39 is 5.82 Å². The molecule has 1 fully saturated rings. The molecular weight excluding hydrogens is 347 g/mol. The lowest BCUT2D eigenvalue weighted by atomic mass is 10.1. The van der Waals surface area contributed by atoms with Gasteiger partial charge in [0.05, 0.1) is 6.04 Å². The maximum absolute atomic E-state index is 13.5. The van der Waals surface area contributed by atoms with Crippen molar-refractivity contribution in [2.75, 3.05) is 19.6 Å². The fourth-order valence-corrected chi connectivity index (χ4v) is 3.42. The number of hydrogen-bond acceptors (Lipinski definition) is 2. The Balaban J connectivity index is 1.47. The maximum Gasteiger partial charge on any atom is 0.318 e. The molecule has 3 amide bonds. The lowest BCUT2D eigenvalue weighted by Crippen LogP contribution is -2.43. The molecule has 27 heavy (non-hydrogen) atoms. The fraction of sp³-hybridized carbons (Fsp3) is 0.400. The lowest BCUT2D eigenvalue weighted by molar-refractivity contribution is 0.0953. The number of rotatable bonds is 5. The second-order valence-electron chi connectivity index (χ2n) is 6.85. The van der Waals surface area contributed by atoms with Gasteiger partial charge in [0, 0.05) is 44.1 Å². The third-order valence-electron chi connectivity index (χ3n) is 4.96. The molecule has 0 spiro atoms. The minimum atomic E-state index is -0.406. The Morgan fingerprint density at radius 3 is 2.70 bits per heavy atom. The molecule has 1 saturated heterocycles. The van der Waals surface area contributed by atoms with Gasteiger partial charge < -0.3 is 20.1 Å². The largest absolute Gasteiger partial charge is 0.353 e. The van der Waals surface area contributed by atoms with Crippen LogP contribution in [0.25, 0.3) is 0 Å². The molecule has 1 aromatic heterocycles. The van der Waals surface area contributed by atoms with Crippen LogP contribution in [0.2, 0.25) is 0 Å². The predicted octanol–water partition coefficient (Wildman–Crippen LogP) is 2.75. The van der Waals surface area contributed by atoms with E-state index in [0.29, 0.717) is 12.1 Å². The average molecular weight is 372 g/mol. The molecule has 2 N–H and O–H groups in total. The van der Waals surface area contributed by atoms with Crippen LogP contribution in [0.3, 0.4) is 0 Å².